The van der Waals surface area contributed by atoms with Crippen molar-refractivity contribution in [2.75, 3.05) is 42.5 Å². The standard InChI is InChI=1S/C26H28F2N6O3S/c1-18-30-23(26(27,28)19-5-3-2-4-6-19)16-24(31-18)32-11-13-33(14-12-32)38(36,37)22-9-7-21(8-10-22)34-17-20(29)15-25(34)35/h2-10,16,20H,11-15,17,29H2,1H3/t20-/m1/s1. The summed E-state index contributed by atoms with van der Waals surface area (Å²) in [5.41, 5.74) is 5.89. The lowest BCUT2D eigenvalue weighted by molar-refractivity contribution is -0.117. The summed E-state index contributed by atoms with van der Waals surface area (Å²) in [5.74, 6) is -2.85. The van der Waals surface area contributed by atoms with Gasteiger partial charge in [0, 0.05) is 62.5 Å². The van der Waals surface area contributed by atoms with Crippen LogP contribution in [0.25, 0.3) is 0 Å². The van der Waals surface area contributed by atoms with E-state index < -0.39 is 21.6 Å². The van der Waals surface area contributed by atoms with E-state index >= 15 is 8.78 Å². The predicted molar refractivity (Wildman–Crippen MR) is 139 cm³/mol. The maximum Gasteiger partial charge on any atom is 0.315 e. The number of anilines is 2. The largest absolute Gasteiger partial charge is 0.354 e. The number of benzene rings is 2. The van der Waals surface area contributed by atoms with Crippen LogP contribution in [-0.2, 0) is 20.7 Å². The molecule has 3 heterocycles. The third-order valence-electron chi connectivity index (χ3n) is 6.79. The lowest BCUT2D eigenvalue weighted by atomic mass is 10.1. The van der Waals surface area contributed by atoms with E-state index in [1.807, 2.05) is 0 Å². The molecule has 0 spiro atoms. The van der Waals surface area contributed by atoms with E-state index in [-0.39, 0.29) is 60.8 Å². The third-order valence-corrected chi connectivity index (χ3v) is 8.70. The number of amides is 1. The average Bonchev–Trinajstić information content (AvgIpc) is 3.26. The van der Waals surface area contributed by atoms with Crippen LogP contribution in [0.1, 0.15) is 23.5 Å². The molecule has 2 aromatic carbocycles. The summed E-state index contributed by atoms with van der Waals surface area (Å²) in [4.78, 5) is 23.9. The SMILES string of the molecule is Cc1nc(N2CCN(S(=O)(=O)c3ccc(N4C[C@H](N)CC4=O)cc3)CC2)cc(C(F)(F)c2ccccc2)n1. The molecule has 9 nitrogen and oxygen atoms in total. The fourth-order valence-corrected chi connectivity index (χ4v) is 6.18. The molecule has 2 aliphatic heterocycles. The van der Waals surface area contributed by atoms with Crippen LogP contribution in [0.5, 0.6) is 0 Å². The first-order chi connectivity index (χ1) is 18.1. The molecule has 2 N–H and O–H groups in total. The second-order valence-electron chi connectivity index (χ2n) is 9.45. The van der Waals surface area contributed by atoms with Crippen LogP contribution in [0.2, 0.25) is 0 Å². The van der Waals surface area contributed by atoms with Gasteiger partial charge in [-0.3, -0.25) is 4.79 Å². The van der Waals surface area contributed by atoms with Crippen LogP contribution in [-0.4, -0.2) is 67.4 Å². The summed E-state index contributed by atoms with van der Waals surface area (Å²) in [6, 6.07) is 14.7. The number of hydrogen-bond donors (Lipinski definition) is 1. The first kappa shape index (κ1) is 26.1. The molecule has 0 radical (unpaired) electrons. The van der Waals surface area contributed by atoms with Crippen molar-refractivity contribution in [1.29, 1.82) is 0 Å². The molecule has 0 bridgehead atoms. The molecule has 3 aromatic rings. The highest BCUT2D eigenvalue weighted by atomic mass is 32.2. The van der Waals surface area contributed by atoms with Crippen LogP contribution < -0.4 is 15.5 Å². The van der Waals surface area contributed by atoms with Gasteiger partial charge in [-0.25, -0.2) is 18.4 Å². The molecule has 5 rings (SSSR count). The number of rotatable bonds is 6. The van der Waals surface area contributed by atoms with Gasteiger partial charge in [0.15, 0.2) is 0 Å². The maximum atomic E-state index is 15.2. The van der Waals surface area contributed by atoms with Crippen molar-refractivity contribution in [2.45, 2.75) is 30.2 Å². The summed E-state index contributed by atoms with van der Waals surface area (Å²) in [6.45, 7) is 2.85. The van der Waals surface area contributed by atoms with Crippen molar-refractivity contribution in [3.05, 3.63) is 77.7 Å². The van der Waals surface area contributed by atoms with Crippen molar-refractivity contribution < 1.29 is 22.0 Å². The number of nitrogens with two attached hydrogens (primary N) is 1. The van der Waals surface area contributed by atoms with Gasteiger partial charge in [-0.15, -0.1) is 0 Å². The third kappa shape index (κ3) is 4.98. The molecule has 0 aliphatic carbocycles. The number of carbonyl (C=O) groups is 1. The van der Waals surface area contributed by atoms with Crippen LogP contribution >= 0.6 is 0 Å². The topological polar surface area (TPSA) is 113 Å². The second kappa shape index (κ2) is 10.0. The minimum Gasteiger partial charge on any atom is -0.354 e. The Morgan fingerprint density at radius 2 is 1.63 bits per heavy atom. The Balaban J connectivity index is 1.29. The highest BCUT2D eigenvalue weighted by molar-refractivity contribution is 7.89. The maximum absolute atomic E-state index is 15.2. The number of nitrogens with zero attached hydrogens (tertiary/aromatic N) is 5. The molecule has 2 fully saturated rings. The second-order valence-corrected chi connectivity index (χ2v) is 11.4. The molecule has 2 aliphatic rings. The molecule has 12 heteroatoms. The van der Waals surface area contributed by atoms with Crippen molar-refractivity contribution in [3.8, 4) is 0 Å². The minimum absolute atomic E-state index is 0.0890. The Hall–Kier alpha value is -3.48. The number of alkyl halides is 2. The van der Waals surface area contributed by atoms with E-state index in [0.717, 1.165) is 0 Å². The van der Waals surface area contributed by atoms with Gasteiger partial charge in [0.1, 0.15) is 17.3 Å². The van der Waals surface area contributed by atoms with Gasteiger partial charge in [-0.1, -0.05) is 30.3 Å². The molecule has 38 heavy (non-hydrogen) atoms. The smallest absolute Gasteiger partial charge is 0.315 e. The van der Waals surface area contributed by atoms with E-state index in [9.17, 15) is 13.2 Å². The lowest BCUT2D eigenvalue weighted by Gasteiger charge is -2.35. The quantitative estimate of drug-likeness (QED) is 0.509. The Labute approximate surface area is 219 Å². The van der Waals surface area contributed by atoms with E-state index in [4.69, 9.17) is 5.73 Å². The van der Waals surface area contributed by atoms with Crippen LogP contribution in [0.3, 0.4) is 0 Å². The molecule has 2 saturated heterocycles. The van der Waals surface area contributed by atoms with Crippen molar-refractivity contribution in [1.82, 2.24) is 14.3 Å². The van der Waals surface area contributed by atoms with Crippen LogP contribution in [0, 0.1) is 6.92 Å². The molecule has 1 amide bonds. The zero-order valence-corrected chi connectivity index (χ0v) is 21.6. The molecule has 0 saturated carbocycles. The molecule has 1 atom stereocenters. The Bertz CT molecular complexity index is 1430. The summed E-state index contributed by atoms with van der Waals surface area (Å²) in [5, 5.41) is 0. The molecular formula is C26H28F2N6O3S. The van der Waals surface area contributed by atoms with Crippen molar-refractivity contribution in [3.63, 3.8) is 0 Å². The van der Waals surface area contributed by atoms with Crippen LogP contribution in [0.15, 0.2) is 65.6 Å². The number of carbonyl (C=O) groups excluding carboxylic acids is 1. The van der Waals surface area contributed by atoms with Gasteiger partial charge >= 0.3 is 5.92 Å². The van der Waals surface area contributed by atoms with Gasteiger partial charge in [0.25, 0.3) is 0 Å². The Morgan fingerprint density at radius 3 is 2.24 bits per heavy atom. The van der Waals surface area contributed by atoms with Gasteiger partial charge in [-0.2, -0.15) is 13.1 Å². The van der Waals surface area contributed by atoms with E-state index in [1.165, 1.54) is 34.6 Å². The average molecular weight is 543 g/mol. The summed E-state index contributed by atoms with van der Waals surface area (Å²) < 4.78 is 58.2. The zero-order chi connectivity index (χ0) is 27.1. The van der Waals surface area contributed by atoms with Gasteiger partial charge in [0.05, 0.1) is 4.90 Å². The van der Waals surface area contributed by atoms with E-state index in [0.29, 0.717) is 18.1 Å². The fraction of sp³-hybridized carbons (Fsp3) is 0.346. The number of hydrogen-bond acceptors (Lipinski definition) is 7. The number of piperazine rings is 1. The van der Waals surface area contributed by atoms with E-state index in [2.05, 4.69) is 9.97 Å². The Morgan fingerprint density at radius 1 is 0.974 bits per heavy atom. The zero-order valence-electron chi connectivity index (χ0n) is 20.8. The highest BCUT2D eigenvalue weighted by Crippen LogP contribution is 2.35. The Kier molecular flexibility index (Phi) is 6.88. The first-order valence-corrected chi connectivity index (χ1v) is 13.7. The summed E-state index contributed by atoms with van der Waals surface area (Å²) in [6.07, 6.45) is 0.265. The normalized spacial score (nSPS) is 19.3. The highest BCUT2D eigenvalue weighted by Gasteiger charge is 2.37. The van der Waals surface area contributed by atoms with Gasteiger partial charge in [-0.05, 0) is 31.2 Å². The predicted octanol–water partition coefficient (Wildman–Crippen LogP) is 2.50. The monoisotopic (exact) mass is 542 g/mol. The molecule has 0 unspecified atom stereocenters. The molecule has 1 aromatic heterocycles. The number of aryl methyl sites for hydroxylation is 1. The molecule has 200 valence electrons. The fourth-order valence-electron chi connectivity index (χ4n) is 4.76. The van der Waals surface area contributed by atoms with Crippen molar-refractivity contribution >= 4 is 27.4 Å². The van der Waals surface area contributed by atoms with E-state index in [1.54, 1.807) is 47.1 Å². The summed E-state index contributed by atoms with van der Waals surface area (Å²) in [7, 11) is -3.78. The lowest BCUT2D eigenvalue weighted by Crippen LogP contribution is -2.49. The number of aromatic nitrogens is 2. The first-order valence-electron chi connectivity index (χ1n) is 12.3. The van der Waals surface area contributed by atoms with Crippen molar-refractivity contribution in [2.24, 2.45) is 5.73 Å². The number of halogens is 2. The van der Waals surface area contributed by atoms with Crippen LogP contribution in [0.4, 0.5) is 20.3 Å². The minimum atomic E-state index is -3.78. The molecular weight excluding hydrogens is 514 g/mol. The van der Waals surface area contributed by atoms with Gasteiger partial charge < -0.3 is 15.5 Å². The number of sulfonamides is 1. The summed E-state index contributed by atoms with van der Waals surface area (Å²) >= 11 is 0. The van der Waals surface area contributed by atoms with Gasteiger partial charge in [0.2, 0.25) is 15.9 Å².